The molecule has 0 unspecified atom stereocenters. The van der Waals surface area contributed by atoms with Crippen molar-refractivity contribution < 1.29 is 15.0 Å². The van der Waals surface area contributed by atoms with Crippen LogP contribution in [-0.2, 0) is 13.2 Å². The lowest BCUT2D eigenvalue weighted by atomic mass is 10.1. The first kappa shape index (κ1) is 13.0. The van der Waals surface area contributed by atoms with E-state index in [4.69, 9.17) is 10.2 Å². The van der Waals surface area contributed by atoms with E-state index in [0.717, 1.165) is 15.8 Å². The van der Waals surface area contributed by atoms with E-state index in [2.05, 4.69) is 5.10 Å². The Bertz CT molecular complexity index is 646. The topological polar surface area (TPSA) is 92.4 Å². The van der Waals surface area contributed by atoms with Gasteiger partial charge in [0.1, 0.15) is 0 Å². The summed E-state index contributed by atoms with van der Waals surface area (Å²) < 4.78 is 1.09. The van der Waals surface area contributed by atoms with Gasteiger partial charge in [-0.3, -0.25) is 4.79 Å². The molecule has 98 valence electrons. The summed E-state index contributed by atoms with van der Waals surface area (Å²) in [6, 6.07) is 9.34. The second-order valence-corrected chi connectivity index (χ2v) is 3.99. The van der Waals surface area contributed by atoms with Crippen LogP contribution in [-0.4, -0.2) is 26.0 Å². The van der Waals surface area contributed by atoms with Gasteiger partial charge in [-0.1, -0.05) is 24.3 Å². The third-order valence-electron chi connectivity index (χ3n) is 2.62. The number of carboxylic acid groups (broad SMARTS) is 1. The molecule has 0 bridgehead atoms. The Kier molecular flexibility index (Phi) is 3.72. The van der Waals surface area contributed by atoms with Crippen molar-refractivity contribution in [2.75, 3.05) is 0 Å². The Hall–Kier alpha value is -2.47. The van der Waals surface area contributed by atoms with E-state index in [-0.39, 0.29) is 24.4 Å². The van der Waals surface area contributed by atoms with Gasteiger partial charge in [0.2, 0.25) is 0 Å². The van der Waals surface area contributed by atoms with Crippen LogP contribution in [0.5, 0.6) is 0 Å². The number of aliphatic hydroxyl groups is 1. The fourth-order valence-electron chi connectivity index (χ4n) is 1.60. The van der Waals surface area contributed by atoms with Crippen LogP contribution in [0.15, 0.2) is 41.2 Å². The Morgan fingerprint density at radius 2 is 1.74 bits per heavy atom. The zero-order valence-electron chi connectivity index (χ0n) is 9.98. The first-order valence-corrected chi connectivity index (χ1v) is 5.60. The number of hydrogen-bond donors (Lipinski definition) is 2. The Morgan fingerprint density at radius 3 is 2.32 bits per heavy atom. The van der Waals surface area contributed by atoms with Crippen LogP contribution < -0.4 is 5.56 Å². The average Bonchev–Trinajstić information content (AvgIpc) is 2.42. The number of aromatic carboxylic acids is 1. The summed E-state index contributed by atoms with van der Waals surface area (Å²) in [5.41, 5.74) is 1.03. The molecule has 2 N–H and O–H groups in total. The van der Waals surface area contributed by atoms with Crippen molar-refractivity contribution in [1.82, 2.24) is 9.78 Å². The van der Waals surface area contributed by atoms with Gasteiger partial charge in [-0.2, -0.15) is 5.10 Å². The summed E-state index contributed by atoms with van der Waals surface area (Å²) in [6.07, 6.45) is 0. The van der Waals surface area contributed by atoms with Gasteiger partial charge in [0.05, 0.1) is 13.2 Å². The smallest absolute Gasteiger partial charge is 0.356 e. The van der Waals surface area contributed by atoms with Crippen molar-refractivity contribution in [3.05, 3.63) is 63.6 Å². The summed E-state index contributed by atoms with van der Waals surface area (Å²) in [6.45, 7) is 0.138. The van der Waals surface area contributed by atoms with Gasteiger partial charge in [-0.05, 0) is 17.2 Å². The zero-order valence-corrected chi connectivity index (χ0v) is 9.98. The van der Waals surface area contributed by atoms with E-state index in [1.165, 1.54) is 12.1 Å². The molecule has 1 aromatic carbocycles. The number of aromatic nitrogens is 2. The third kappa shape index (κ3) is 3.05. The number of aliphatic hydroxyl groups excluding tert-OH is 1. The normalized spacial score (nSPS) is 10.4. The Balaban J connectivity index is 2.29. The second kappa shape index (κ2) is 5.45. The van der Waals surface area contributed by atoms with Gasteiger partial charge in [0, 0.05) is 6.07 Å². The molecular weight excluding hydrogens is 248 g/mol. The van der Waals surface area contributed by atoms with Gasteiger partial charge in [-0.25, -0.2) is 9.48 Å². The number of hydrogen-bond acceptors (Lipinski definition) is 4. The van der Waals surface area contributed by atoms with E-state index >= 15 is 0 Å². The fourth-order valence-corrected chi connectivity index (χ4v) is 1.60. The molecule has 0 saturated carbocycles. The summed E-state index contributed by atoms with van der Waals surface area (Å²) in [4.78, 5) is 22.4. The van der Waals surface area contributed by atoms with Crippen LogP contribution in [0.4, 0.5) is 0 Å². The summed E-state index contributed by atoms with van der Waals surface area (Å²) >= 11 is 0. The summed E-state index contributed by atoms with van der Waals surface area (Å²) in [5.74, 6) is -1.18. The lowest BCUT2D eigenvalue weighted by molar-refractivity contribution is 0.0687. The molecule has 0 aliphatic rings. The van der Waals surface area contributed by atoms with Gasteiger partial charge < -0.3 is 10.2 Å². The standard InChI is InChI=1S/C13H12N2O4/c16-8-10-3-1-9(2-4-10)7-15-12(17)6-5-11(14-15)13(18)19/h1-6,16H,7-8H2,(H,18,19). The van der Waals surface area contributed by atoms with Crippen molar-refractivity contribution in [1.29, 1.82) is 0 Å². The predicted molar refractivity (Wildman–Crippen MR) is 66.9 cm³/mol. The molecule has 0 spiro atoms. The molecule has 1 aromatic heterocycles. The first-order valence-electron chi connectivity index (χ1n) is 5.60. The molecule has 19 heavy (non-hydrogen) atoms. The van der Waals surface area contributed by atoms with Crippen molar-refractivity contribution in [3.8, 4) is 0 Å². The molecule has 0 aliphatic heterocycles. The van der Waals surface area contributed by atoms with Crippen LogP contribution >= 0.6 is 0 Å². The van der Waals surface area contributed by atoms with Crippen molar-refractivity contribution in [3.63, 3.8) is 0 Å². The number of benzene rings is 1. The summed E-state index contributed by atoms with van der Waals surface area (Å²) in [5, 5.41) is 21.5. The minimum atomic E-state index is -1.18. The SMILES string of the molecule is O=C(O)c1ccc(=O)n(Cc2ccc(CO)cc2)n1. The van der Waals surface area contributed by atoms with Gasteiger partial charge in [0.15, 0.2) is 5.69 Å². The average molecular weight is 260 g/mol. The van der Waals surface area contributed by atoms with Crippen LogP contribution in [0.3, 0.4) is 0 Å². The lowest BCUT2D eigenvalue weighted by Gasteiger charge is -2.06. The molecule has 1 heterocycles. The third-order valence-corrected chi connectivity index (χ3v) is 2.62. The number of carbonyl (C=O) groups is 1. The van der Waals surface area contributed by atoms with Gasteiger partial charge >= 0.3 is 5.97 Å². The Morgan fingerprint density at radius 1 is 1.11 bits per heavy atom. The number of rotatable bonds is 4. The molecule has 0 atom stereocenters. The number of carboxylic acids is 1. The molecule has 0 saturated heterocycles. The van der Waals surface area contributed by atoms with Crippen LogP contribution in [0, 0.1) is 0 Å². The first-order chi connectivity index (χ1) is 9.10. The highest BCUT2D eigenvalue weighted by molar-refractivity contribution is 5.84. The molecule has 2 rings (SSSR count). The quantitative estimate of drug-likeness (QED) is 0.834. The van der Waals surface area contributed by atoms with Crippen molar-refractivity contribution >= 4 is 5.97 Å². The van der Waals surface area contributed by atoms with E-state index in [0.29, 0.717) is 0 Å². The molecular formula is C13H12N2O4. The molecule has 0 fully saturated rings. The highest BCUT2D eigenvalue weighted by atomic mass is 16.4. The van der Waals surface area contributed by atoms with Gasteiger partial charge in [-0.15, -0.1) is 0 Å². The van der Waals surface area contributed by atoms with Crippen LogP contribution in [0.1, 0.15) is 21.6 Å². The van der Waals surface area contributed by atoms with E-state index < -0.39 is 5.97 Å². The maximum Gasteiger partial charge on any atom is 0.356 e. The fraction of sp³-hybridized carbons (Fsp3) is 0.154. The summed E-state index contributed by atoms with van der Waals surface area (Å²) in [7, 11) is 0. The molecule has 0 amide bonds. The highest BCUT2D eigenvalue weighted by Crippen LogP contribution is 2.05. The predicted octanol–water partition coefficient (Wildman–Crippen LogP) is 0.482. The molecule has 6 heteroatoms. The van der Waals surface area contributed by atoms with E-state index in [9.17, 15) is 9.59 Å². The molecule has 0 aliphatic carbocycles. The second-order valence-electron chi connectivity index (χ2n) is 3.99. The molecule has 2 aromatic rings. The van der Waals surface area contributed by atoms with Crippen LogP contribution in [0.25, 0.3) is 0 Å². The Labute approximate surface area is 108 Å². The lowest BCUT2D eigenvalue weighted by Crippen LogP contribution is -2.24. The van der Waals surface area contributed by atoms with E-state index in [1.807, 2.05) is 0 Å². The van der Waals surface area contributed by atoms with Crippen molar-refractivity contribution in [2.24, 2.45) is 0 Å². The highest BCUT2D eigenvalue weighted by Gasteiger charge is 2.07. The zero-order chi connectivity index (χ0) is 13.8. The minimum absolute atomic E-state index is 0.0486. The van der Waals surface area contributed by atoms with Crippen molar-refractivity contribution in [2.45, 2.75) is 13.2 Å². The molecule has 0 radical (unpaired) electrons. The van der Waals surface area contributed by atoms with Crippen LogP contribution in [0.2, 0.25) is 0 Å². The maximum atomic E-state index is 11.6. The maximum absolute atomic E-state index is 11.6. The molecule has 6 nitrogen and oxygen atoms in total. The van der Waals surface area contributed by atoms with Gasteiger partial charge in [0.25, 0.3) is 5.56 Å². The monoisotopic (exact) mass is 260 g/mol. The number of nitrogens with zero attached hydrogens (tertiary/aromatic N) is 2. The largest absolute Gasteiger partial charge is 0.476 e. The minimum Gasteiger partial charge on any atom is -0.476 e. The van der Waals surface area contributed by atoms with E-state index in [1.54, 1.807) is 24.3 Å².